The number of nitrogens with two attached hydrogens (primary N) is 1. The molecule has 1 aliphatic carbocycles. The number of aliphatic imine (C=N–C) groups is 1. The van der Waals surface area contributed by atoms with Gasteiger partial charge < -0.3 is 5.73 Å². The average molecular weight is 254 g/mol. The van der Waals surface area contributed by atoms with Gasteiger partial charge in [0.1, 0.15) is 0 Å². The minimum absolute atomic E-state index is 0.166. The number of para-hydroxylation sites is 1. The fraction of sp³-hybridized carbons (Fsp3) is 0.133. The summed E-state index contributed by atoms with van der Waals surface area (Å²) in [4.78, 5) is 27.8. The summed E-state index contributed by atoms with van der Waals surface area (Å²) in [5.74, 6) is -0.801. The van der Waals surface area contributed by atoms with Gasteiger partial charge in [0.15, 0.2) is 5.78 Å². The lowest BCUT2D eigenvalue weighted by Crippen LogP contribution is -2.27. The smallest absolute Gasteiger partial charge is 0.251 e. The third-order valence-electron chi connectivity index (χ3n) is 2.94. The Bertz CT molecular complexity index is 637. The van der Waals surface area contributed by atoms with E-state index < -0.39 is 5.91 Å². The molecule has 4 heteroatoms. The lowest BCUT2D eigenvalue weighted by atomic mass is 9.90. The molecule has 0 fully saturated rings. The number of hydrogen-bond donors (Lipinski definition) is 1. The average Bonchev–Trinajstić information content (AvgIpc) is 2.37. The van der Waals surface area contributed by atoms with Crippen LogP contribution in [0.25, 0.3) is 0 Å². The number of amides is 1. The van der Waals surface area contributed by atoms with Gasteiger partial charge in [-0.3, -0.25) is 9.59 Å². The van der Waals surface area contributed by atoms with E-state index in [1.54, 1.807) is 19.9 Å². The molecular weight excluding hydrogens is 240 g/mol. The molecule has 1 aliphatic rings. The fourth-order valence-corrected chi connectivity index (χ4v) is 1.99. The van der Waals surface area contributed by atoms with Crippen LogP contribution in [-0.4, -0.2) is 17.4 Å². The number of rotatable bonds is 2. The van der Waals surface area contributed by atoms with E-state index in [1.165, 1.54) is 0 Å². The molecule has 0 aromatic heterocycles. The van der Waals surface area contributed by atoms with Crippen molar-refractivity contribution in [2.24, 2.45) is 10.7 Å². The number of primary amides is 1. The van der Waals surface area contributed by atoms with Crippen molar-refractivity contribution in [3.8, 4) is 0 Å². The number of benzene rings is 1. The molecule has 1 amide bonds. The standard InChI is InChI=1S/C15H14N2O2/c1-9-8-12(17-11-6-4-3-5-7-11)13(15(16)19)10(2)14(9)18/h3-8H,1-2H3,(H2,16,19). The lowest BCUT2D eigenvalue weighted by molar-refractivity contribution is -0.115. The van der Waals surface area contributed by atoms with Crippen molar-refractivity contribution in [2.45, 2.75) is 13.8 Å². The molecule has 19 heavy (non-hydrogen) atoms. The maximum Gasteiger partial charge on any atom is 0.251 e. The molecule has 0 saturated carbocycles. The Morgan fingerprint density at radius 3 is 2.37 bits per heavy atom. The molecule has 0 saturated heterocycles. The van der Waals surface area contributed by atoms with Crippen molar-refractivity contribution in [1.29, 1.82) is 0 Å². The molecule has 0 unspecified atom stereocenters. The predicted molar refractivity (Wildman–Crippen MR) is 74.2 cm³/mol. The lowest BCUT2D eigenvalue weighted by Gasteiger charge is -2.15. The van der Waals surface area contributed by atoms with Gasteiger partial charge in [0, 0.05) is 5.57 Å². The van der Waals surface area contributed by atoms with E-state index in [1.807, 2.05) is 30.3 Å². The van der Waals surface area contributed by atoms with Crippen LogP contribution in [0.1, 0.15) is 13.8 Å². The van der Waals surface area contributed by atoms with Crippen LogP contribution in [0.2, 0.25) is 0 Å². The molecule has 0 heterocycles. The van der Waals surface area contributed by atoms with Crippen LogP contribution in [0.5, 0.6) is 0 Å². The summed E-state index contributed by atoms with van der Waals surface area (Å²) in [6.07, 6.45) is 1.60. The Balaban J connectivity index is 2.57. The Labute approximate surface area is 111 Å². The van der Waals surface area contributed by atoms with Crippen molar-refractivity contribution in [1.82, 2.24) is 0 Å². The number of Topliss-reactive ketones (excluding diaryl/α,β-unsaturated/α-hetero) is 1. The third-order valence-corrected chi connectivity index (χ3v) is 2.94. The van der Waals surface area contributed by atoms with Crippen LogP contribution >= 0.6 is 0 Å². The minimum atomic E-state index is -0.635. The topological polar surface area (TPSA) is 72.5 Å². The Kier molecular flexibility index (Phi) is 3.42. The van der Waals surface area contributed by atoms with Gasteiger partial charge in [-0.25, -0.2) is 4.99 Å². The normalized spacial score (nSPS) is 17.7. The zero-order chi connectivity index (χ0) is 14.0. The van der Waals surface area contributed by atoms with Gasteiger partial charge in [-0.15, -0.1) is 0 Å². The van der Waals surface area contributed by atoms with Crippen LogP contribution in [0, 0.1) is 0 Å². The first kappa shape index (κ1) is 13.0. The number of hydrogen-bond acceptors (Lipinski definition) is 3. The number of carbonyl (C=O) groups is 2. The highest BCUT2D eigenvalue weighted by Crippen LogP contribution is 2.22. The summed E-state index contributed by atoms with van der Waals surface area (Å²) >= 11 is 0. The first-order valence-electron chi connectivity index (χ1n) is 5.88. The summed E-state index contributed by atoms with van der Waals surface area (Å²) in [6.45, 7) is 3.30. The summed E-state index contributed by atoms with van der Waals surface area (Å²) in [5.41, 5.74) is 7.60. The monoisotopic (exact) mass is 254 g/mol. The molecule has 4 nitrogen and oxygen atoms in total. The van der Waals surface area contributed by atoms with Gasteiger partial charge in [-0.1, -0.05) is 18.2 Å². The number of ketones is 1. The Hall–Kier alpha value is -2.49. The van der Waals surface area contributed by atoms with E-state index in [2.05, 4.69) is 4.99 Å². The van der Waals surface area contributed by atoms with Crippen molar-refractivity contribution in [2.75, 3.05) is 0 Å². The minimum Gasteiger partial charge on any atom is -0.366 e. The molecule has 0 radical (unpaired) electrons. The number of allylic oxidation sites excluding steroid dienone is 3. The highest BCUT2D eigenvalue weighted by atomic mass is 16.1. The van der Waals surface area contributed by atoms with E-state index in [4.69, 9.17) is 5.73 Å². The highest BCUT2D eigenvalue weighted by molar-refractivity contribution is 6.34. The Morgan fingerprint density at radius 1 is 1.16 bits per heavy atom. The first-order chi connectivity index (χ1) is 9.00. The summed E-state index contributed by atoms with van der Waals surface area (Å²) in [6, 6.07) is 9.22. The Morgan fingerprint density at radius 2 is 1.79 bits per heavy atom. The van der Waals surface area contributed by atoms with Crippen LogP contribution in [0.4, 0.5) is 5.69 Å². The number of carbonyl (C=O) groups excluding carboxylic acids is 2. The summed E-state index contributed by atoms with van der Waals surface area (Å²) < 4.78 is 0. The third kappa shape index (κ3) is 2.52. The van der Waals surface area contributed by atoms with E-state index in [-0.39, 0.29) is 11.4 Å². The van der Waals surface area contributed by atoms with Crippen LogP contribution in [-0.2, 0) is 9.59 Å². The van der Waals surface area contributed by atoms with Gasteiger partial charge in [-0.05, 0) is 37.6 Å². The summed E-state index contributed by atoms with van der Waals surface area (Å²) in [5, 5.41) is 0. The van der Waals surface area contributed by atoms with Gasteiger partial charge in [-0.2, -0.15) is 0 Å². The van der Waals surface area contributed by atoms with Gasteiger partial charge in [0.2, 0.25) is 0 Å². The summed E-state index contributed by atoms with van der Waals surface area (Å²) in [7, 11) is 0. The largest absolute Gasteiger partial charge is 0.366 e. The van der Waals surface area contributed by atoms with Crippen LogP contribution < -0.4 is 5.73 Å². The molecule has 0 bridgehead atoms. The van der Waals surface area contributed by atoms with Gasteiger partial charge >= 0.3 is 0 Å². The molecule has 2 rings (SSSR count). The molecule has 0 spiro atoms. The molecule has 1 aromatic rings. The van der Waals surface area contributed by atoms with Crippen LogP contribution in [0.3, 0.4) is 0 Å². The van der Waals surface area contributed by atoms with Crippen molar-refractivity contribution in [3.05, 3.63) is 53.1 Å². The maximum atomic E-state index is 11.8. The van der Waals surface area contributed by atoms with Crippen molar-refractivity contribution >= 4 is 23.1 Å². The molecule has 0 atom stereocenters. The van der Waals surface area contributed by atoms with Crippen LogP contribution in [0.15, 0.2) is 58.1 Å². The highest BCUT2D eigenvalue weighted by Gasteiger charge is 2.25. The zero-order valence-electron chi connectivity index (χ0n) is 10.8. The SMILES string of the molecule is CC1=CC(=Nc2ccccc2)C(C(N)=O)=C(C)C1=O. The maximum absolute atomic E-state index is 11.8. The molecule has 2 N–H and O–H groups in total. The molecule has 0 aliphatic heterocycles. The first-order valence-corrected chi connectivity index (χ1v) is 5.88. The quantitative estimate of drug-likeness (QED) is 0.821. The van der Waals surface area contributed by atoms with E-state index >= 15 is 0 Å². The van der Waals surface area contributed by atoms with Gasteiger partial charge in [0.05, 0.1) is 17.0 Å². The second-order valence-electron chi connectivity index (χ2n) is 4.35. The molecule has 96 valence electrons. The second kappa shape index (κ2) is 5.02. The van der Waals surface area contributed by atoms with Crippen molar-refractivity contribution in [3.63, 3.8) is 0 Å². The second-order valence-corrected chi connectivity index (χ2v) is 4.35. The van der Waals surface area contributed by atoms with E-state index in [0.717, 1.165) is 0 Å². The number of nitrogens with zero attached hydrogens (tertiary/aromatic N) is 1. The molecular formula is C15H14N2O2. The van der Waals surface area contributed by atoms with E-state index in [0.29, 0.717) is 22.5 Å². The van der Waals surface area contributed by atoms with Crippen molar-refractivity contribution < 1.29 is 9.59 Å². The molecule has 1 aromatic carbocycles. The zero-order valence-corrected chi connectivity index (χ0v) is 10.8. The van der Waals surface area contributed by atoms with Gasteiger partial charge in [0.25, 0.3) is 5.91 Å². The van der Waals surface area contributed by atoms with E-state index in [9.17, 15) is 9.59 Å². The fourth-order valence-electron chi connectivity index (χ4n) is 1.99. The predicted octanol–water partition coefficient (Wildman–Crippen LogP) is 2.09.